The first-order valence-corrected chi connectivity index (χ1v) is 8.27. The van der Waals surface area contributed by atoms with Crippen molar-refractivity contribution in [2.24, 2.45) is 0 Å². The molecule has 0 radical (unpaired) electrons. The van der Waals surface area contributed by atoms with Gasteiger partial charge in [-0.15, -0.1) is 0 Å². The molecule has 110 valence electrons. The van der Waals surface area contributed by atoms with Gasteiger partial charge < -0.3 is 5.11 Å². The Kier molecular flexibility index (Phi) is 4.55. The van der Waals surface area contributed by atoms with Crippen molar-refractivity contribution in [1.82, 2.24) is 0 Å². The molecule has 2 aromatic rings. The first-order chi connectivity index (χ1) is 9.81. The Hall–Kier alpha value is -1.57. The Morgan fingerprint density at radius 2 is 1.86 bits per heavy atom. The minimum atomic E-state index is -3.98. The second-order valence-electron chi connectivity index (χ2n) is 4.03. The van der Waals surface area contributed by atoms with Crippen LogP contribution in [0.4, 0.5) is 5.69 Å². The highest BCUT2D eigenvalue weighted by molar-refractivity contribution is 9.10. The van der Waals surface area contributed by atoms with Crippen LogP contribution in [0.1, 0.15) is 10.4 Å². The standard InChI is InChI=1S/C13H9BrClNO4S/c14-8-5-6-12(10(15)7-8)21(19,20)16-11-4-2-1-3-9(11)13(17)18/h1-7,16H,(H,17,18). The van der Waals surface area contributed by atoms with Crippen LogP contribution in [-0.2, 0) is 10.0 Å². The minimum Gasteiger partial charge on any atom is -0.478 e. The number of para-hydroxylation sites is 1. The lowest BCUT2D eigenvalue weighted by Gasteiger charge is -2.11. The number of hydrogen-bond donors (Lipinski definition) is 2. The third kappa shape index (κ3) is 3.55. The van der Waals surface area contributed by atoms with Crippen LogP contribution in [0.3, 0.4) is 0 Å². The molecule has 0 heterocycles. The van der Waals surface area contributed by atoms with Gasteiger partial charge in [-0.05, 0) is 30.3 Å². The van der Waals surface area contributed by atoms with E-state index in [1.54, 1.807) is 0 Å². The van der Waals surface area contributed by atoms with E-state index in [0.29, 0.717) is 4.47 Å². The molecule has 0 aliphatic heterocycles. The molecule has 0 amide bonds. The van der Waals surface area contributed by atoms with Gasteiger partial charge in [0.1, 0.15) is 4.90 Å². The maximum atomic E-state index is 12.3. The molecule has 0 unspecified atom stereocenters. The molecular formula is C13H9BrClNO4S. The average Bonchev–Trinajstić information content (AvgIpc) is 2.37. The van der Waals surface area contributed by atoms with Gasteiger partial charge in [0, 0.05) is 4.47 Å². The molecule has 0 aliphatic rings. The lowest BCUT2D eigenvalue weighted by Crippen LogP contribution is -2.16. The fourth-order valence-electron chi connectivity index (χ4n) is 1.65. The monoisotopic (exact) mass is 389 g/mol. The zero-order valence-corrected chi connectivity index (χ0v) is 13.5. The van der Waals surface area contributed by atoms with Crippen molar-refractivity contribution < 1.29 is 18.3 Å². The highest BCUT2D eigenvalue weighted by Gasteiger charge is 2.20. The fraction of sp³-hybridized carbons (Fsp3) is 0. The second-order valence-corrected chi connectivity index (χ2v) is 7.00. The van der Waals surface area contributed by atoms with Gasteiger partial charge in [0.25, 0.3) is 10.0 Å². The summed E-state index contributed by atoms with van der Waals surface area (Å²) in [7, 11) is -3.98. The maximum absolute atomic E-state index is 12.3. The van der Waals surface area contributed by atoms with E-state index in [1.807, 2.05) is 0 Å². The normalized spacial score (nSPS) is 11.1. The largest absolute Gasteiger partial charge is 0.478 e. The molecule has 2 rings (SSSR count). The molecule has 0 bridgehead atoms. The summed E-state index contributed by atoms with van der Waals surface area (Å²) in [5.41, 5.74) is -0.168. The van der Waals surface area contributed by atoms with E-state index in [4.69, 9.17) is 16.7 Å². The van der Waals surface area contributed by atoms with Crippen molar-refractivity contribution in [2.75, 3.05) is 4.72 Å². The van der Waals surface area contributed by atoms with Crippen LogP contribution in [0.5, 0.6) is 0 Å². The summed E-state index contributed by atoms with van der Waals surface area (Å²) in [5, 5.41) is 9.09. The Morgan fingerprint density at radius 1 is 1.19 bits per heavy atom. The number of rotatable bonds is 4. The summed E-state index contributed by atoms with van der Waals surface area (Å²) in [4.78, 5) is 11.0. The van der Waals surface area contributed by atoms with Crippen LogP contribution in [0.2, 0.25) is 5.02 Å². The highest BCUT2D eigenvalue weighted by atomic mass is 79.9. The van der Waals surface area contributed by atoms with Crippen LogP contribution in [0.15, 0.2) is 51.8 Å². The summed E-state index contributed by atoms with van der Waals surface area (Å²) in [5.74, 6) is -1.23. The number of hydrogen-bond acceptors (Lipinski definition) is 3. The smallest absolute Gasteiger partial charge is 0.337 e. The van der Waals surface area contributed by atoms with Crippen LogP contribution < -0.4 is 4.72 Å². The van der Waals surface area contributed by atoms with Crippen molar-refractivity contribution >= 4 is 49.2 Å². The van der Waals surface area contributed by atoms with Gasteiger partial charge in [-0.2, -0.15) is 0 Å². The summed E-state index contributed by atoms with van der Waals surface area (Å²) in [6.07, 6.45) is 0. The molecule has 0 saturated heterocycles. The molecule has 2 aromatic carbocycles. The quantitative estimate of drug-likeness (QED) is 0.835. The molecule has 0 saturated carbocycles. The minimum absolute atomic E-state index is 0.0241. The van der Waals surface area contributed by atoms with Crippen molar-refractivity contribution in [2.45, 2.75) is 4.90 Å². The fourth-order valence-corrected chi connectivity index (χ4v) is 3.77. The molecule has 0 atom stereocenters. The topological polar surface area (TPSA) is 83.5 Å². The predicted octanol–water partition coefficient (Wildman–Crippen LogP) is 3.60. The van der Waals surface area contributed by atoms with E-state index in [9.17, 15) is 13.2 Å². The van der Waals surface area contributed by atoms with Gasteiger partial charge in [-0.3, -0.25) is 4.72 Å². The van der Waals surface area contributed by atoms with Gasteiger partial charge in [0.05, 0.1) is 16.3 Å². The number of anilines is 1. The maximum Gasteiger partial charge on any atom is 0.337 e. The number of carboxylic acids is 1. The molecule has 0 fully saturated rings. The first-order valence-electron chi connectivity index (χ1n) is 5.61. The third-order valence-corrected chi connectivity index (χ3v) is 4.93. The molecular weight excluding hydrogens is 382 g/mol. The third-order valence-electron chi connectivity index (χ3n) is 2.59. The number of carboxylic acid groups (broad SMARTS) is 1. The number of sulfonamides is 1. The van der Waals surface area contributed by atoms with Gasteiger partial charge in [-0.1, -0.05) is 39.7 Å². The Bertz CT molecular complexity index is 808. The zero-order valence-electron chi connectivity index (χ0n) is 10.4. The summed E-state index contributed by atoms with van der Waals surface area (Å²) >= 11 is 9.10. The van der Waals surface area contributed by atoms with Crippen LogP contribution in [-0.4, -0.2) is 19.5 Å². The second kappa shape index (κ2) is 6.05. The highest BCUT2D eigenvalue weighted by Crippen LogP contribution is 2.27. The number of halogens is 2. The Balaban J connectivity index is 2.45. The average molecular weight is 391 g/mol. The molecule has 5 nitrogen and oxygen atoms in total. The van der Waals surface area contributed by atoms with E-state index in [0.717, 1.165) is 0 Å². The number of carbonyl (C=O) groups is 1. The first kappa shape index (κ1) is 15.8. The van der Waals surface area contributed by atoms with E-state index >= 15 is 0 Å². The molecule has 0 aromatic heterocycles. The van der Waals surface area contributed by atoms with Crippen LogP contribution in [0, 0.1) is 0 Å². The van der Waals surface area contributed by atoms with Crippen molar-refractivity contribution in [3.63, 3.8) is 0 Å². The van der Waals surface area contributed by atoms with Crippen molar-refractivity contribution in [3.8, 4) is 0 Å². The van der Waals surface area contributed by atoms with E-state index < -0.39 is 16.0 Å². The van der Waals surface area contributed by atoms with Gasteiger partial charge in [-0.25, -0.2) is 13.2 Å². The van der Waals surface area contributed by atoms with Gasteiger partial charge in [0.15, 0.2) is 0 Å². The Labute approximate surface area is 134 Å². The molecule has 0 spiro atoms. The molecule has 8 heteroatoms. The lowest BCUT2D eigenvalue weighted by molar-refractivity contribution is 0.0698. The van der Waals surface area contributed by atoms with Gasteiger partial charge >= 0.3 is 5.97 Å². The van der Waals surface area contributed by atoms with Gasteiger partial charge in [0.2, 0.25) is 0 Å². The zero-order chi connectivity index (χ0) is 15.6. The van der Waals surface area contributed by atoms with Crippen LogP contribution in [0.25, 0.3) is 0 Å². The number of nitrogens with one attached hydrogen (secondary N) is 1. The van der Waals surface area contributed by atoms with E-state index in [2.05, 4.69) is 20.7 Å². The lowest BCUT2D eigenvalue weighted by atomic mass is 10.2. The summed E-state index contributed by atoms with van der Waals surface area (Å²) in [6.45, 7) is 0. The van der Waals surface area contributed by atoms with Crippen LogP contribution >= 0.6 is 27.5 Å². The number of aromatic carboxylic acids is 1. The predicted molar refractivity (Wildman–Crippen MR) is 83.4 cm³/mol. The van der Waals surface area contributed by atoms with Crippen molar-refractivity contribution in [1.29, 1.82) is 0 Å². The molecule has 21 heavy (non-hydrogen) atoms. The summed E-state index contributed by atoms with van der Waals surface area (Å²) in [6, 6.07) is 10.0. The Morgan fingerprint density at radius 3 is 2.48 bits per heavy atom. The SMILES string of the molecule is O=C(O)c1ccccc1NS(=O)(=O)c1ccc(Br)cc1Cl. The van der Waals surface area contributed by atoms with E-state index in [-0.39, 0.29) is 21.2 Å². The van der Waals surface area contributed by atoms with Crippen molar-refractivity contribution in [3.05, 3.63) is 57.5 Å². The molecule has 0 aliphatic carbocycles. The number of benzene rings is 2. The van der Waals surface area contributed by atoms with E-state index in [1.165, 1.54) is 42.5 Å². The molecule has 2 N–H and O–H groups in total. The summed E-state index contributed by atoms with van der Waals surface area (Å²) < 4.78 is 27.5.